The largest absolute Gasteiger partial charge is 0.507 e. The molecule has 1 N–H and O–H groups in total. The summed E-state index contributed by atoms with van der Waals surface area (Å²) in [7, 11) is 0. The fourth-order valence-electron chi connectivity index (χ4n) is 0.761. The topological polar surface area (TPSA) is 44.0 Å². The summed E-state index contributed by atoms with van der Waals surface area (Å²) >= 11 is 3.24. The first kappa shape index (κ1) is 8.09. The molecular weight excluding hydrogens is 206 g/mol. The van der Waals surface area contributed by atoms with Crippen molar-refractivity contribution < 1.29 is 5.11 Å². The van der Waals surface area contributed by atoms with Crippen molar-refractivity contribution >= 4 is 15.9 Å². The summed E-state index contributed by atoms with van der Waals surface area (Å²) in [6, 6.07) is 5.05. The number of rotatable bonds is 0. The molecule has 0 unspecified atom stereocenters. The van der Waals surface area contributed by atoms with Crippen LogP contribution in [0.5, 0.6) is 5.75 Å². The van der Waals surface area contributed by atoms with Crippen molar-refractivity contribution in [2.24, 2.45) is 0 Å². The second-order valence-corrected chi connectivity index (χ2v) is 3.08. The molecule has 1 rings (SSSR count). The van der Waals surface area contributed by atoms with E-state index in [1.807, 2.05) is 13.0 Å². The fourth-order valence-corrected chi connectivity index (χ4v) is 1.09. The van der Waals surface area contributed by atoms with E-state index in [4.69, 9.17) is 10.4 Å². The van der Waals surface area contributed by atoms with Crippen molar-refractivity contribution in [1.29, 1.82) is 5.26 Å². The van der Waals surface area contributed by atoms with E-state index in [1.165, 1.54) is 6.07 Å². The first-order valence-electron chi connectivity index (χ1n) is 3.04. The highest BCUT2D eigenvalue weighted by Crippen LogP contribution is 2.25. The summed E-state index contributed by atoms with van der Waals surface area (Å²) in [6.45, 7) is 1.87. The van der Waals surface area contributed by atoms with E-state index in [1.54, 1.807) is 6.07 Å². The average Bonchev–Trinajstić information content (AvgIpc) is 1.97. The lowest BCUT2D eigenvalue weighted by molar-refractivity contribution is 0.473. The molecule has 11 heavy (non-hydrogen) atoms. The van der Waals surface area contributed by atoms with E-state index in [2.05, 4.69) is 15.9 Å². The molecule has 0 saturated heterocycles. The van der Waals surface area contributed by atoms with E-state index < -0.39 is 0 Å². The molecule has 2 nitrogen and oxygen atoms in total. The molecule has 0 spiro atoms. The maximum atomic E-state index is 9.16. The molecule has 56 valence electrons. The highest BCUT2D eigenvalue weighted by atomic mass is 79.9. The number of benzene rings is 1. The van der Waals surface area contributed by atoms with Gasteiger partial charge in [0.15, 0.2) is 0 Å². The van der Waals surface area contributed by atoms with Gasteiger partial charge in [0.1, 0.15) is 11.8 Å². The number of phenols is 1. The molecule has 0 amide bonds. The smallest absolute Gasteiger partial charge is 0.134 e. The van der Waals surface area contributed by atoms with Crippen LogP contribution in [0.2, 0.25) is 0 Å². The van der Waals surface area contributed by atoms with E-state index in [0.717, 1.165) is 10.0 Å². The summed E-state index contributed by atoms with van der Waals surface area (Å²) < 4.78 is 0.814. The zero-order valence-corrected chi connectivity index (χ0v) is 7.51. The number of nitriles is 1. The van der Waals surface area contributed by atoms with E-state index >= 15 is 0 Å². The molecular formula is C8H6BrNO. The lowest BCUT2D eigenvalue weighted by Gasteiger charge is -1.99. The Hall–Kier alpha value is -1.01. The zero-order chi connectivity index (χ0) is 8.43. The van der Waals surface area contributed by atoms with E-state index in [9.17, 15) is 0 Å². The summed E-state index contributed by atoms with van der Waals surface area (Å²) in [6.07, 6.45) is 0. The summed E-state index contributed by atoms with van der Waals surface area (Å²) in [4.78, 5) is 0. The monoisotopic (exact) mass is 211 g/mol. The summed E-state index contributed by atoms with van der Waals surface area (Å²) in [5, 5.41) is 17.7. The summed E-state index contributed by atoms with van der Waals surface area (Å²) in [5.41, 5.74) is 1.25. The molecule has 0 aliphatic rings. The van der Waals surface area contributed by atoms with Gasteiger partial charge in [-0.1, -0.05) is 15.9 Å². The van der Waals surface area contributed by atoms with Crippen LogP contribution in [0.1, 0.15) is 11.1 Å². The standard InChI is InChI=1S/C8H6BrNO/c1-5-2-6(4-10)8(11)3-7(5)9/h2-3,11H,1H3. The predicted molar refractivity (Wildman–Crippen MR) is 45.3 cm³/mol. The van der Waals surface area contributed by atoms with Gasteiger partial charge in [-0.15, -0.1) is 0 Å². The molecule has 0 saturated carbocycles. The molecule has 0 fully saturated rings. The summed E-state index contributed by atoms with van der Waals surface area (Å²) in [5.74, 6) is 0.0185. The molecule has 1 aromatic carbocycles. The van der Waals surface area contributed by atoms with E-state index in [-0.39, 0.29) is 5.75 Å². The van der Waals surface area contributed by atoms with Gasteiger partial charge in [-0.2, -0.15) is 5.26 Å². The SMILES string of the molecule is Cc1cc(C#N)c(O)cc1Br. The van der Waals surface area contributed by atoms with Crippen molar-refractivity contribution in [2.45, 2.75) is 6.92 Å². The number of aryl methyl sites for hydroxylation is 1. The minimum Gasteiger partial charge on any atom is -0.507 e. The Bertz CT molecular complexity index is 328. The Balaban J connectivity index is 3.35. The Morgan fingerprint density at radius 2 is 2.18 bits per heavy atom. The van der Waals surface area contributed by atoms with Gasteiger partial charge in [0.05, 0.1) is 5.56 Å². The Labute approximate surface area is 73.2 Å². The third kappa shape index (κ3) is 1.52. The van der Waals surface area contributed by atoms with Crippen LogP contribution in [0, 0.1) is 18.3 Å². The van der Waals surface area contributed by atoms with Crippen LogP contribution in [-0.4, -0.2) is 5.11 Å². The van der Waals surface area contributed by atoms with Crippen molar-refractivity contribution in [3.05, 3.63) is 27.7 Å². The average molecular weight is 212 g/mol. The van der Waals surface area contributed by atoms with Gasteiger partial charge in [-0.05, 0) is 24.6 Å². The Kier molecular flexibility index (Phi) is 2.16. The lowest BCUT2D eigenvalue weighted by Crippen LogP contribution is -1.80. The third-order valence-corrected chi connectivity index (χ3v) is 2.25. The van der Waals surface area contributed by atoms with Gasteiger partial charge in [-0.3, -0.25) is 0 Å². The van der Waals surface area contributed by atoms with E-state index in [0.29, 0.717) is 5.56 Å². The third-order valence-electron chi connectivity index (χ3n) is 1.40. The molecule has 0 aliphatic carbocycles. The van der Waals surface area contributed by atoms with Crippen molar-refractivity contribution in [1.82, 2.24) is 0 Å². The molecule has 0 aromatic heterocycles. The zero-order valence-electron chi connectivity index (χ0n) is 5.93. The minimum absolute atomic E-state index is 0.0185. The quantitative estimate of drug-likeness (QED) is 0.717. The second kappa shape index (κ2) is 2.93. The molecule has 0 atom stereocenters. The first-order valence-corrected chi connectivity index (χ1v) is 3.83. The van der Waals surface area contributed by atoms with Crippen molar-refractivity contribution in [2.75, 3.05) is 0 Å². The van der Waals surface area contributed by atoms with Gasteiger partial charge in [0.2, 0.25) is 0 Å². The van der Waals surface area contributed by atoms with Crippen molar-refractivity contribution in [3.8, 4) is 11.8 Å². The van der Waals surface area contributed by atoms with Gasteiger partial charge in [0.25, 0.3) is 0 Å². The minimum atomic E-state index is 0.0185. The van der Waals surface area contributed by atoms with Crippen LogP contribution in [-0.2, 0) is 0 Å². The van der Waals surface area contributed by atoms with Gasteiger partial charge >= 0.3 is 0 Å². The van der Waals surface area contributed by atoms with Crippen LogP contribution >= 0.6 is 15.9 Å². The maximum absolute atomic E-state index is 9.16. The Morgan fingerprint density at radius 3 is 2.73 bits per heavy atom. The molecule has 3 heteroatoms. The maximum Gasteiger partial charge on any atom is 0.134 e. The number of halogens is 1. The predicted octanol–water partition coefficient (Wildman–Crippen LogP) is 2.33. The highest BCUT2D eigenvalue weighted by Gasteiger charge is 2.02. The van der Waals surface area contributed by atoms with Crippen LogP contribution in [0.15, 0.2) is 16.6 Å². The van der Waals surface area contributed by atoms with Gasteiger partial charge < -0.3 is 5.11 Å². The number of hydrogen-bond donors (Lipinski definition) is 1. The first-order chi connectivity index (χ1) is 5.15. The lowest BCUT2D eigenvalue weighted by atomic mass is 10.1. The van der Waals surface area contributed by atoms with Gasteiger partial charge in [-0.25, -0.2) is 0 Å². The number of aromatic hydroxyl groups is 1. The molecule has 0 heterocycles. The molecule has 1 aromatic rings. The number of nitrogens with zero attached hydrogens (tertiary/aromatic N) is 1. The van der Waals surface area contributed by atoms with Crippen LogP contribution in [0.3, 0.4) is 0 Å². The number of phenolic OH excluding ortho intramolecular Hbond substituents is 1. The van der Waals surface area contributed by atoms with Crippen LogP contribution < -0.4 is 0 Å². The second-order valence-electron chi connectivity index (χ2n) is 2.23. The van der Waals surface area contributed by atoms with Crippen LogP contribution in [0.25, 0.3) is 0 Å². The molecule has 0 bridgehead atoms. The fraction of sp³-hybridized carbons (Fsp3) is 0.125. The van der Waals surface area contributed by atoms with Crippen LogP contribution in [0.4, 0.5) is 0 Å². The molecule has 0 aliphatic heterocycles. The normalized spacial score (nSPS) is 9.18. The van der Waals surface area contributed by atoms with Crippen molar-refractivity contribution in [3.63, 3.8) is 0 Å². The van der Waals surface area contributed by atoms with Gasteiger partial charge in [0, 0.05) is 4.47 Å². The highest BCUT2D eigenvalue weighted by molar-refractivity contribution is 9.10. The molecule has 0 radical (unpaired) electrons. The Morgan fingerprint density at radius 1 is 1.55 bits per heavy atom. The number of hydrogen-bond acceptors (Lipinski definition) is 2.